The highest BCUT2D eigenvalue weighted by Gasteiger charge is 2.10. The van der Waals surface area contributed by atoms with Crippen molar-refractivity contribution >= 4 is 17.3 Å². The zero-order valence-corrected chi connectivity index (χ0v) is 11.8. The number of nitro groups is 1. The van der Waals surface area contributed by atoms with Gasteiger partial charge in [-0.25, -0.2) is 0 Å². The normalized spacial score (nSPS) is 10.7. The van der Waals surface area contributed by atoms with E-state index in [-0.39, 0.29) is 5.69 Å². The van der Waals surface area contributed by atoms with Crippen LogP contribution in [-0.4, -0.2) is 21.2 Å². The second kappa shape index (κ2) is 6.49. The van der Waals surface area contributed by atoms with Gasteiger partial charge in [-0.05, 0) is 18.2 Å². The van der Waals surface area contributed by atoms with Crippen molar-refractivity contribution in [3.8, 4) is 0 Å². The minimum Gasteiger partial charge on any atom is -0.313 e. The van der Waals surface area contributed by atoms with Gasteiger partial charge in [0.25, 0.3) is 5.69 Å². The summed E-state index contributed by atoms with van der Waals surface area (Å²) in [5.74, 6) is 0. The van der Waals surface area contributed by atoms with Crippen molar-refractivity contribution in [3.05, 3.63) is 56.9 Å². The molecule has 106 valence electrons. The molecular weight excluding hydrogens is 280 g/mol. The summed E-state index contributed by atoms with van der Waals surface area (Å²) in [5.41, 5.74) is 1.88. The Kier molecular flexibility index (Phi) is 4.70. The highest BCUT2D eigenvalue weighted by Crippen LogP contribution is 2.23. The fraction of sp³-hybridized carbons (Fsp3) is 0.308. The maximum Gasteiger partial charge on any atom is 0.270 e. The molecule has 0 saturated carbocycles. The molecule has 0 saturated heterocycles. The number of hydrogen-bond donors (Lipinski definition) is 1. The molecule has 20 heavy (non-hydrogen) atoms. The van der Waals surface area contributed by atoms with Crippen molar-refractivity contribution in [3.63, 3.8) is 0 Å². The van der Waals surface area contributed by atoms with Crippen LogP contribution in [0.15, 0.2) is 30.6 Å². The van der Waals surface area contributed by atoms with E-state index in [1.807, 2.05) is 13.1 Å². The molecule has 0 fully saturated rings. The summed E-state index contributed by atoms with van der Waals surface area (Å²) in [5, 5.41) is 18.5. The number of non-ortho nitro benzene ring substituents is 1. The fourth-order valence-electron chi connectivity index (χ4n) is 1.81. The van der Waals surface area contributed by atoms with Crippen LogP contribution in [0.2, 0.25) is 5.02 Å². The maximum atomic E-state index is 10.6. The zero-order chi connectivity index (χ0) is 14.5. The molecular formula is C13H15ClN4O2. The monoisotopic (exact) mass is 294 g/mol. The van der Waals surface area contributed by atoms with Crippen LogP contribution in [0.25, 0.3) is 0 Å². The Morgan fingerprint density at radius 1 is 1.50 bits per heavy atom. The summed E-state index contributed by atoms with van der Waals surface area (Å²) in [6, 6.07) is 4.47. The molecule has 6 nitrogen and oxygen atoms in total. The Bertz CT molecular complexity index is 612. The zero-order valence-electron chi connectivity index (χ0n) is 11.0. The van der Waals surface area contributed by atoms with Gasteiger partial charge in [0.05, 0.1) is 22.7 Å². The number of nitro benzene ring substituents is 1. The highest BCUT2D eigenvalue weighted by atomic mass is 35.5. The van der Waals surface area contributed by atoms with Gasteiger partial charge in [-0.15, -0.1) is 0 Å². The molecule has 0 spiro atoms. The lowest BCUT2D eigenvalue weighted by molar-refractivity contribution is -0.384. The minimum absolute atomic E-state index is 0.00736. The second-order valence-electron chi connectivity index (χ2n) is 4.36. The Hall–Kier alpha value is -1.92. The SMILES string of the molecule is CCNCc1cnn(Cc2ccc([N+](=O)[O-])cc2Cl)c1. The summed E-state index contributed by atoms with van der Waals surface area (Å²) in [4.78, 5) is 10.2. The molecule has 0 unspecified atom stereocenters. The average molecular weight is 295 g/mol. The van der Waals surface area contributed by atoms with Crippen LogP contribution >= 0.6 is 11.6 Å². The summed E-state index contributed by atoms with van der Waals surface area (Å²) < 4.78 is 1.76. The number of hydrogen-bond acceptors (Lipinski definition) is 4. The lowest BCUT2D eigenvalue weighted by Gasteiger charge is -2.04. The predicted molar refractivity (Wildman–Crippen MR) is 76.8 cm³/mol. The number of benzene rings is 1. The summed E-state index contributed by atoms with van der Waals surface area (Å²) in [6.07, 6.45) is 3.72. The third kappa shape index (κ3) is 3.55. The van der Waals surface area contributed by atoms with Crippen LogP contribution in [0.4, 0.5) is 5.69 Å². The Balaban J connectivity index is 2.09. The fourth-order valence-corrected chi connectivity index (χ4v) is 2.04. The van der Waals surface area contributed by atoms with Gasteiger partial charge in [0.2, 0.25) is 0 Å². The van der Waals surface area contributed by atoms with Crippen LogP contribution in [0.5, 0.6) is 0 Å². The van der Waals surface area contributed by atoms with E-state index in [9.17, 15) is 10.1 Å². The van der Waals surface area contributed by atoms with Crippen molar-refractivity contribution in [2.24, 2.45) is 0 Å². The molecule has 1 N–H and O–H groups in total. The molecule has 1 heterocycles. The van der Waals surface area contributed by atoms with E-state index in [1.54, 1.807) is 16.9 Å². The second-order valence-corrected chi connectivity index (χ2v) is 4.77. The van der Waals surface area contributed by atoms with Gasteiger partial charge in [-0.2, -0.15) is 5.10 Å². The van der Waals surface area contributed by atoms with E-state index < -0.39 is 4.92 Å². The molecule has 0 aliphatic carbocycles. The van der Waals surface area contributed by atoms with Crippen molar-refractivity contribution in [1.82, 2.24) is 15.1 Å². The van der Waals surface area contributed by atoms with Crippen LogP contribution in [0.3, 0.4) is 0 Å². The van der Waals surface area contributed by atoms with Crippen LogP contribution in [0, 0.1) is 10.1 Å². The van der Waals surface area contributed by atoms with E-state index in [0.717, 1.165) is 24.2 Å². The third-order valence-corrected chi connectivity index (χ3v) is 3.20. The molecule has 7 heteroatoms. The van der Waals surface area contributed by atoms with Crippen molar-refractivity contribution in [2.75, 3.05) is 6.54 Å². The Labute approximate surface area is 121 Å². The first-order valence-corrected chi connectivity index (χ1v) is 6.63. The van der Waals surface area contributed by atoms with Crippen molar-refractivity contribution in [2.45, 2.75) is 20.0 Å². The molecule has 1 aromatic heterocycles. The predicted octanol–water partition coefficient (Wildman–Crippen LogP) is 2.60. The van der Waals surface area contributed by atoms with Gasteiger partial charge in [-0.3, -0.25) is 14.8 Å². The first-order valence-electron chi connectivity index (χ1n) is 6.25. The maximum absolute atomic E-state index is 10.6. The number of nitrogens with zero attached hydrogens (tertiary/aromatic N) is 3. The molecule has 0 bridgehead atoms. The largest absolute Gasteiger partial charge is 0.313 e. The highest BCUT2D eigenvalue weighted by molar-refractivity contribution is 6.31. The lowest BCUT2D eigenvalue weighted by Crippen LogP contribution is -2.11. The van der Waals surface area contributed by atoms with Crippen LogP contribution in [-0.2, 0) is 13.1 Å². The molecule has 0 aliphatic rings. The quantitative estimate of drug-likeness (QED) is 0.656. The number of aromatic nitrogens is 2. The van der Waals surface area contributed by atoms with Crippen molar-refractivity contribution in [1.29, 1.82) is 0 Å². The minimum atomic E-state index is -0.460. The molecule has 0 radical (unpaired) electrons. The van der Waals surface area contributed by atoms with Gasteiger partial charge in [0.1, 0.15) is 0 Å². The van der Waals surface area contributed by atoms with Gasteiger partial charge in [0.15, 0.2) is 0 Å². The molecule has 0 aliphatic heterocycles. The van der Waals surface area contributed by atoms with Gasteiger partial charge >= 0.3 is 0 Å². The standard InChI is InChI=1S/C13H15ClN4O2/c1-2-15-6-10-7-16-17(8-10)9-11-3-4-12(18(19)20)5-13(11)14/h3-5,7-8,15H,2,6,9H2,1H3. The molecule has 2 aromatic rings. The summed E-state index contributed by atoms with van der Waals surface area (Å²) >= 11 is 6.06. The first-order chi connectivity index (χ1) is 9.60. The molecule has 2 rings (SSSR count). The van der Waals surface area contributed by atoms with Crippen LogP contribution in [0.1, 0.15) is 18.1 Å². The molecule has 0 amide bonds. The van der Waals surface area contributed by atoms with E-state index >= 15 is 0 Å². The number of rotatable bonds is 6. The third-order valence-electron chi connectivity index (χ3n) is 2.85. The average Bonchev–Trinajstić information content (AvgIpc) is 2.86. The van der Waals surface area contributed by atoms with Gasteiger partial charge in [-0.1, -0.05) is 18.5 Å². The number of nitrogens with one attached hydrogen (secondary N) is 1. The summed E-state index contributed by atoms with van der Waals surface area (Å²) in [6.45, 7) is 4.20. The molecule has 0 atom stereocenters. The van der Waals surface area contributed by atoms with Crippen molar-refractivity contribution < 1.29 is 4.92 Å². The summed E-state index contributed by atoms with van der Waals surface area (Å²) in [7, 11) is 0. The number of halogens is 1. The van der Waals surface area contributed by atoms with E-state index in [4.69, 9.17) is 11.6 Å². The smallest absolute Gasteiger partial charge is 0.270 e. The Morgan fingerprint density at radius 3 is 2.95 bits per heavy atom. The van der Waals surface area contributed by atoms with E-state index in [2.05, 4.69) is 10.4 Å². The van der Waals surface area contributed by atoms with Gasteiger partial charge in [0, 0.05) is 30.4 Å². The lowest BCUT2D eigenvalue weighted by atomic mass is 10.2. The van der Waals surface area contributed by atoms with E-state index in [1.165, 1.54) is 12.1 Å². The topological polar surface area (TPSA) is 73.0 Å². The Morgan fingerprint density at radius 2 is 2.30 bits per heavy atom. The van der Waals surface area contributed by atoms with Crippen LogP contribution < -0.4 is 5.32 Å². The van der Waals surface area contributed by atoms with E-state index in [0.29, 0.717) is 11.6 Å². The van der Waals surface area contributed by atoms with Gasteiger partial charge < -0.3 is 5.32 Å². The first kappa shape index (κ1) is 14.5. The molecule has 1 aromatic carbocycles.